The molecule has 182 valence electrons. The summed E-state index contributed by atoms with van der Waals surface area (Å²) in [6.45, 7) is 12.8. The van der Waals surface area contributed by atoms with Crippen LogP contribution in [0.3, 0.4) is 0 Å². The zero-order valence-corrected chi connectivity index (χ0v) is 20.8. The van der Waals surface area contributed by atoms with Crippen LogP contribution < -0.4 is 16.0 Å². The molecule has 8 heteroatoms. The lowest BCUT2D eigenvalue weighted by molar-refractivity contribution is -0.147. The summed E-state index contributed by atoms with van der Waals surface area (Å²) in [6.07, 6.45) is 5.48. The van der Waals surface area contributed by atoms with Gasteiger partial charge in [-0.2, -0.15) is 0 Å². The van der Waals surface area contributed by atoms with Crippen molar-refractivity contribution in [3.8, 4) is 0 Å². The minimum atomic E-state index is -1.21. The van der Waals surface area contributed by atoms with E-state index in [9.17, 15) is 19.2 Å². The standard InChI is InChI=1S/C24H41N3O5/c1-21(2,3)26-19(30)17(28)24(13-10-14-24)27-18(29)16(15-23(7)11-8-9-12-23)25-20(31)32-22(4,5)6/h16H,8-15H2,1-7H3,(H,25,31)(H,26,30)(H,27,29). The number of nitrogens with one attached hydrogen (secondary N) is 3. The van der Waals surface area contributed by atoms with E-state index in [2.05, 4.69) is 22.9 Å². The Balaban J connectivity index is 2.17. The van der Waals surface area contributed by atoms with Gasteiger partial charge in [0.1, 0.15) is 17.2 Å². The van der Waals surface area contributed by atoms with Crippen molar-refractivity contribution in [2.75, 3.05) is 0 Å². The third-order valence-electron chi connectivity index (χ3n) is 6.21. The largest absolute Gasteiger partial charge is 0.444 e. The molecule has 0 saturated heterocycles. The summed E-state index contributed by atoms with van der Waals surface area (Å²) in [6, 6.07) is -0.844. The molecule has 2 saturated carbocycles. The summed E-state index contributed by atoms with van der Waals surface area (Å²) in [5.41, 5.74) is -2.54. The van der Waals surface area contributed by atoms with Crippen LogP contribution in [0.5, 0.6) is 0 Å². The van der Waals surface area contributed by atoms with E-state index in [1.54, 1.807) is 41.5 Å². The Bertz CT molecular complexity index is 738. The molecule has 3 N–H and O–H groups in total. The van der Waals surface area contributed by atoms with E-state index in [-0.39, 0.29) is 5.41 Å². The monoisotopic (exact) mass is 451 g/mol. The van der Waals surface area contributed by atoms with E-state index < -0.39 is 46.4 Å². The Morgan fingerprint density at radius 2 is 1.47 bits per heavy atom. The van der Waals surface area contributed by atoms with E-state index in [0.29, 0.717) is 19.3 Å². The van der Waals surface area contributed by atoms with Crippen molar-refractivity contribution in [1.29, 1.82) is 0 Å². The average molecular weight is 452 g/mol. The lowest BCUT2D eigenvalue weighted by atomic mass is 9.72. The van der Waals surface area contributed by atoms with Crippen molar-refractivity contribution in [3.63, 3.8) is 0 Å². The number of carbonyl (C=O) groups is 4. The number of hydrogen-bond donors (Lipinski definition) is 3. The van der Waals surface area contributed by atoms with Gasteiger partial charge in [0.25, 0.3) is 5.91 Å². The lowest BCUT2D eigenvalue weighted by Crippen LogP contribution is -2.66. The van der Waals surface area contributed by atoms with Gasteiger partial charge in [0.15, 0.2) is 0 Å². The second kappa shape index (κ2) is 9.40. The van der Waals surface area contributed by atoms with Gasteiger partial charge in [-0.1, -0.05) is 19.8 Å². The minimum absolute atomic E-state index is 0.0720. The number of amides is 3. The molecule has 1 unspecified atom stereocenters. The Morgan fingerprint density at radius 3 is 1.91 bits per heavy atom. The first-order valence-corrected chi connectivity index (χ1v) is 11.7. The van der Waals surface area contributed by atoms with Crippen molar-refractivity contribution in [3.05, 3.63) is 0 Å². The van der Waals surface area contributed by atoms with Gasteiger partial charge in [0.05, 0.1) is 0 Å². The summed E-state index contributed by atoms with van der Waals surface area (Å²) in [5.74, 6) is -1.77. The van der Waals surface area contributed by atoms with Crippen LogP contribution in [0, 0.1) is 5.41 Å². The van der Waals surface area contributed by atoms with Crippen LogP contribution in [-0.4, -0.2) is 46.4 Å². The maximum Gasteiger partial charge on any atom is 0.408 e. The maximum absolute atomic E-state index is 13.3. The topological polar surface area (TPSA) is 114 Å². The Hall–Kier alpha value is -2.12. The number of alkyl carbamates (subject to hydrolysis) is 1. The van der Waals surface area contributed by atoms with Crippen LogP contribution in [0.4, 0.5) is 4.79 Å². The third-order valence-corrected chi connectivity index (χ3v) is 6.21. The highest BCUT2D eigenvalue weighted by atomic mass is 16.6. The smallest absolute Gasteiger partial charge is 0.408 e. The van der Waals surface area contributed by atoms with Gasteiger partial charge in [0, 0.05) is 5.54 Å². The fourth-order valence-corrected chi connectivity index (χ4v) is 4.46. The summed E-state index contributed by atoms with van der Waals surface area (Å²) in [4.78, 5) is 51.3. The van der Waals surface area contributed by atoms with Crippen LogP contribution in [-0.2, 0) is 19.1 Å². The zero-order valence-electron chi connectivity index (χ0n) is 20.8. The first-order chi connectivity index (χ1) is 14.5. The number of Topliss-reactive ketones (excluding diaryl/α,β-unsaturated/α-hetero) is 1. The zero-order chi connectivity index (χ0) is 24.4. The Morgan fingerprint density at radius 1 is 0.906 bits per heavy atom. The summed E-state index contributed by atoms with van der Waals surface area (Å²) in [5, 5.41) is 8.24. The van der Waals surface area contributed by atoms with E-state index >= 15 is 0 Å². The number of hydrogen-bond acceptors (Lipinski definition) is 5. The van der Waals surface area contributed by atoms with Gasteiger partial charge in [-0.3, -0.25) is 14.4 Å². The van der Waals surface area contributed by atoms with Crippen LogP contribution in [0.2, 0.25) is 0 Å². The first-order valence-electron chi connectivity index (χ1n) is 11.7. The molecule has 0 spiro atoms. The van der Waals surface area contributed by atoms with Crippen molar-refractivity contribution in [2.24, 2.45) is 5.41 Å². The molecule has 1 atom stereocenters. The first kappa shape index (κ1) is 26.1. The highest BCUT2D eigenvalue weighted by Gasteiger charge is 2.50. The Labute approximate surface area is 192 Å². The molecule has 0 aromatic heterocycles. The van der Waals surface area contributed by atoms with Gasteiger partial charge < -0.3 is 20.7 Å². The van der Waals surface area contributed by atoms with Crippen LogP contribution >= 0.6 is 0 Å². The molecule has 0 heterocycles. The van der Waals surface area contributed by atoms with Crippen molar-refractivity contribution in [1.82, 2.24) is 16.0 Å². The van der Waals surface area contributed by atoms with E-state index in [4.69, 9.17) is 4.74 Å². The molecule has 2 aliphatic rings. The number of ketones is 1. The van der Waals surface area contributed by atoms with Crippen molar-refractivity contribution >= 4 is 23.7 Å². The molecule has 2 rings (SSSR count). The molecule has 0 aromatic rings. The van der Waals surface area contributed by atoms with Crippen LogP contribution in [0.15, 0.2) is 0 Å². The minimum Gasteiger partial charge on any atom is -0.444 e. The molecule has 0 bridgehead atoms. The molecule has 2 aliphatic carbocycles. The second-order valence-electron chi connectivity index (χ2n) is 11.9. The maximum atomic E-state index is 13.3. The molecule has 32 heavy (non-hydrogen) atoms. The van der Waals surface area contributed by atoms with E-state index in [0.717, 1.165) is 32.1 Å². The second-order valence-corrected chi connectivity index (χ2v) is 11.9. The predicted octanol–water partition coefficient (Wildman–Crippen LogP) is 3.37. The quantitative estimate of drug-likeness (QED) is 0.514. The van der Waals surface area contributed by atoms with Crippen LogP contribution in [0.1, 0.15) is 99.8 Å². The van der Waals surface area contributed by atoms with E-state index in [1.807, 2.05) is 0 Å². The third kappa shape index (κ3) is 7.20. The highest BCUT2D eigenvalue weighted by Crippen LogP contribution is 2.41. The van der Waals surface area contributed by atoms with Crippen molar-refractivity contribution in [2.45, 2.75) is 123 Å². The van der Waals surface area contributed by atoms with E-state index in [1.165, 1.54) is 0 Å². The number of carbonyl (C=O) groups excluding carboxylic acids is 4. The SMILES string of the molecule is CC1(CC(NC(=O)OC(C)(C)C)C(=O)NC2(C(=O)C(=O)NC(C)(C)C)CCC2)CCCC1. The number of rotatable bonds is 7. The molecule has 8 nitrogen and oxygen atoms in total. The predicted molar refractivity (Wildman–Crippen MR) is 122 cm³/mol. The summed E-state index contributed by atoms with van der Waals surface area (Å²) >= 11 is 0. The van der Waals surface area contributed by atoms with Gasteiger partial charge in [0.2, 0.25) is 11.7 Å². The molecule has 0 aliphatic heterocycles. The van der Waals surface area contributed by atoms with Crippen molar-refractivity contribution < 1.29 is 23.9 Å². The van der Waals surface area contributed by atoms with Crippen LogP contribution in [0.25, 0.3) is 0 Å². The van der Waals surface area contributed by atoms with Gasteiger partial charge in [-0.05, 0) is 85.5 Å². The molecule has 3 amide bonds. The molecule has 0 aromatic carbocycles. The van der Waals surface area contributed by atoms with Gasteiger partial charge >= 0.3 is 6.09 Å². The molecular formula is C24H41N3O5. The highest BCUT2D eigenvalue weighted by molar-refractivity contribution is 6.40. The number of ether oxygens (including phenoxy) is 1. The average Bonchev–Trinajstić information content (AvgIpc) is 2.99. The molecule has 0 radical (unpaired) electrons. The normalized spacial score (nSPS) is 20.5. The van der Waals surface area contributed by atoms with Gasteiger partial charge in [-0.15, -0.1) is 0 Å². The fraction of sp³-hybridized carbons (Fsp3) is 0.833. The lowest BCUT2D eigenvalue weighted by Gasteiger charge is -2.42. The molecular weight excluding hydrogens is 410 g/mol. The summed E-state index contributed by atoms with van der Waals surface area (Å²) < 4.78 is 5.37. The molecule has 2 fully saturated rings. The fourth-order valence-electron chi connectivity index (χ4n) is 4.46. The Kier molecular flexibility index (Phi) is 7.67. The summed E-state index contributed by atoms with van der Waals surface area (Å²) in [7, 11) is 0. The van der Waals surface area contributed by atoms with Gasteiger partial charge in [-0.25, -0.2) is 4.79 Å².